The summed E-state index contributed by atoms with van der Waals surface area (Å²) in [6.45, 7) is 4.06. The van der Waals surface area contributed by atoms with Gasteiger partial charge in [-0.3, -0.25) is 0 Å². The molecule has 0 spiro atoms. The SMILES string of the molecule is COC(C)(C)C(N)Cc1cccc2ccccc12. The molecule has 0 heterocycles. The lowest BCUT2D eigenvalue weighted by atomic mass is 9.91. The zero-order valence-electron chi connectivity index (χ0n) is 11.3. The summed E-state index contributed by atoms with van der Waals surface area (Å²) in [6.07, 6.45) is 0.822. The van der Waals surface area contributed by atoms with Crippen molar-refractivity contribution >= 4 is 10.8 Å². The van der Waals surface area contributed by atoms with Crippen molar-refractivity contribution in [2.45, 2.75) is 31.9 Å². The molecule has 1 unspecified atom stereocenters. The van der Waals surface area contributed by atoms with Crippen LogP contribution in [0.4, 0.5) is 0 Å². The quantitative estimate of drug-likeness (QED) is 0.895. The van der Waals surface area contributed by atoms with Crippen LogP contribution in [0, 0.1) is 0 Å². The topological polar surface area (TPSA) is 35.2 Å². The monoisotopic (exact) mass is 243 g/mol. The smallest absolute Gasteiger partial charge is 0.0776 e. The van der Waals surface area contributed by atoms with Crippen LogP contribution < -0.4 is 5.73 Å². The van der Waals surface area contributed by atoms with Crippen LogP contribution in [-0.2, 0) is 11.2 Å². The van der Waals surface area contributed by atoms with Gasteiger partial charge < -0.3 is 10.5 Å². The summed E-state index contributed by atoms with van der Waals surface area (Å²) in [5.74, 6) is 0. The molecule has 0 saturated heterocycles. The maximum atomic E-state index is 6.26. The fourth-order valence-electron chi connectivity index (χ4n) is 2.10. The van der Waals surface area contributed by atoms with E-state index in [1.165, 1.54) is 16.3 Å². The standard InChI is InChI=1S/C16H21NO/c1-16(2,18-3)15(17)11-13-9-6-8-12-7-4-5-10-14(12)13/h4-10,15H,11,17H2,1-3H3. The first-order valence-electron chi connectivity index (χ1n) is 6.32. The molecule has 1 atom stereocenters. The van der Waals surface area contributed by atoms with Crippen molar-refractivity contribution in [1.82, 2.24) is 0 Å². The Kier molecular flexibility index (Phi) is 3.69. The molecule has 0 aliphatic carbocycles. The summed E-state index contributed by atoms with van der Waals surface area (Å²) in [4.78, 5) is 0. The number of benzene rings is 2. The van der Waals surface area contributed by atoms with Crippen LogP contribution in [-0.4, -0.2) is 18.8 Å². The van der Waals surface area contributed by atoms with E-state index in [0.717, 1.165) is 6.42 Å². The van der Waals surface area contributed by atoms with E-state index in [9.17, 15) is 0 Å². The van der Waals surface area contributed by atoms with Crippen molar-refractivity contribution in [2.75, 3.05) is 7.11 Å². The third-order valence-electron chi connectivity index (χ3n) is 3.74. The number of fused-ring (bicyclic) bond motifs is 1. The van der Waals surface area contributed by atoms with Gasteiger partial charge in [0.05, 0.1) is 5.60 Å². The number of hydrogen-bond acceptors (Lipinski definition) is 2. The average Bonchev–Trinajstić information content (AvgIpc) is 2.39. The largest absolute Gasteiger partial charge is 0.377 e. The van der Waals surface area contributed by atoms with Crippen LogP contribution in [0.3, 0.4) is 0 Å². The van der Waals surface area contributed by atoms with Gasteiger partial charge in [0.15, 0.2) is 0 Å². The molecular formula is C16H21NO. The molecule has 0 saturated carbocycles. The van der Waals surface area contributed by atoms with E-state index < -0.39 is 0 Å². The second-order valence-corrected chi connectivity index (χ2v) is 5.26. The molecule has 0 fully saturated rings. The Labute approximate surface area is 109 Å². The van der Waals surface area contributed by atoms with Crippen molar-refractivity contribution in [3.05, 3.63) is 48.0 Å². The fourth-order valence-corrected chi connectivity index (χ4v) is 2.10. The molecule has 96 valence electrons. The van der Waals surface area contributed by atoms with E-state index >= 15 is 0 Å². The summed E-state index contributed by atoms with van der Waals surface area (Å²) in [7, 11) is 1.71. The van der Waals surface area contributed by atoms with Crippen LogP contribution in [0.5, 0.6) is 0 Å². The molecule has 0 amide bonds. The highest BCUT2D eigenvalue weighted by Gasteiger charge is 2.26. The maximum Gasteiger partial charge on any atom is 0.0776 e. The van der Waals surface area contributed by atoms with Crippen LogP contribution >= 0.6 is 0 Å². The maximum absolute atomic E-state index is 6.26. The van der Waals surface area contributed by atoms with E-state index in [2.05, 4.69) is 42.5 Å². The number of nitrogens with two attached hydrogens (primary N) is 1. The Hall–Kier alpha value is -1.38. The molecule has 2 heteroatoms. The summed E-state index contributed by atoms with van der Waals surface area (Å²) in [6, 6.07) is 14.8. The minimum Gasteiger partial charge on any atom is -0.377 e. The lowest BCUT2D eigenvalue weighted by Crippen LogP contribution is -2.46. The lowest BCUT2D eigenvalue weighted by molar-refractivity contribution is 0.000883. The van der Waals surface area contributed by atoms with Crippen molar-refractivity contribution in [2.24, 2.45) is 5.73 Å². The lowest BCUT2D eigenvalue weighted by Gasteiger charge is -2.30. The molecule has 0 aliphatic rings. The highest BCUT2D eigenvalue weighted by atomic mass is 16.5. The number of ether oxygens (including phenoxy) is 1. The Balaban J connectivity index is 2.32. The highest BCUT2D eigenvalue weighted by Crippen LogP contribution is 2.22. The van der Waals surface area contributed by atoms with Gasteiger partial charge in [-0.1, -0.05) is 42.5 Å². The molecule has 2 aromatic carbocycles. The molecule has 0 aromatic heterocycles. The minimum atomic E-state index is -0.309. The average molecular weight is 243 g/mol. The van der Waals surface area contributed by atoms with Crippen LogP contribution in [0.1, 0.15) is 19.4 Å². The Morgan fingerprint density at radius 3 is 2.50 bits per heavy atom. The summed E-state index contributed by atoms with van der Waals surface area (Å²) >= 11 is 0. The van der Waals surface area contributed by atoms with Crippen molar-refractivity contribution < 1.29 is 4.74 Å². The van der Waals surface area contributed by atoms with Gasteiger partial charge in [0.1, 0.15) is 0 Å². The highest BCUT2D eigenvalue weighted by molar-refractivity contribution is 5.85. The van der Waals surface area contributed by atoms with Crippen molar-refractivity contribution in [1.29, 1.82) is 0 Å². The van der Waals surface area contributed by atoms with E-state index in [1.807, 2.05) is 13.8 Å². The third kappa shape index (κ3) is 2.55. The van der Waals surface area contributed by atoms with Crippen LogP contribution in [0.25, 0.3) is 10.8 Å². The number of methoxy groups -OCH3 is 1. The van der Waals surface area contributed by atoms with Gasteiger partial charge in [-0.2, -0.15) is 0 Å². The molecular weight excluding hydrogens is 222 g/mol. The Morgan fingerprint density at radius 1 is 1.11 bits per heavy atom. The fraction of sp³-hybridized carbons (Fsp3) is 0.375. The normalized spacial score (nSPS) is 13.8. The van der Waals surface area contributed by atoms with Crippen molar-refractivity contribution in [3.63, 3.8) is 0 Å². The molecule has 0 aliphatic heterocycles. The molecule has 2 N–H and O–H groups in total. The van der Waals surface area contributed by atoms with Gasteiger partial charge in [-0.15, -0.1) is 0 Å². The van der Waals surface area contributed by atoms with Gasteiger partial charge in [0, 0.05) is 13.2 Å². The van der Waals surface area contributed by atoms with Gasteiger partial charge >= 0.3 is 0 Å². The first-order chi connectivity index (χ1) is 8.54. The number of rotatable bonds is 4. The molecule has 2 nitrogen and oxygen atoms in total. The summed E-state index contributed by atoms with van der Waals surface area (Å²) in [5, 5.41) is 2.54. The molecule has 18 heavy (non-hydrogen) atoms. The van der Waals surface area contributed by atoms with Crippen LogP contribution in [0.15, 0.2) is 42.5 Å². The molecule has 0 bridgehead atoms. The predicted octanol–water partition coefficient (Wildman–Crippen LogP) is 3.13. The van der Waals surface area contributed by atoms with Gasteiger partial charge in [0.25, 0.3) is 0 Å². The summed E-state index contributed by atoms with van der Waals surface area (Å²) in [5.41, 5.74) is 7.23. The van der Waals surface area contributed by atoms with E-state index in [0.29, 0.717) is 0 Å². The predicted molar refractivity (Wildman–Crippen MR) is 76.7 cm³/mol. The second-order valence-electron chi connectivity index (χ2n) is 5.26. The molecule has 0 radical (unpaired) electrons. The van der Waals surface area contributed by atoms with Gasteiger partial charge in [0.2, 0.25) is 0 Å². The Morgan fingerprint density at radius 2 is 1.78 bits per heavy atom. The van der Waals surface area contributed by atoms with Gasteiger partial charge in [-0.25, -0.2) is 0 Å². The zero-order valence-corrected chi connectivity index (χ0v) is 11.3. The van der Waals surface area contributed by atoms with Crippen molar-refractivity contribution in [3.8, 4) is 0 Å². The molecule has 2 rings (SSSR count). The van der Waals surface area contributed by atoms with E-state index in [-0.39, 0.29) is 11.6 Å². The molecule has 2 aromatic rings. The number of hydrogen-bond donors (Lipinski definition) is 1. The first-order valence-corrected chi connectivity index (χ1v) is 6.32. The third-order valence-corrected chi connectivity index (χ3v) is 3.74. The van der Waals surface area contributed by atoms with Crippen LogP contribution in [0.2, 0.25) is 0 Å². The van der Waals surface area contributed by atoms with E-state index in [4.69, 9.17) is 10.5 Å². The minimum absolute atomic E-state index is 0.0201. The zero-order chi connectivity index (χ0) is 13.2. The second kappa shape index (κ2) is 5.09. The summed E-state index contributed by atoms with van der Waals surface area (Å²) < 4.78 is 5.46. The van der Waals surface area contributed by atoms with E-state index in [1.54, 1.807) is 7.11 Å². The first kappa shape index (κ1) is 13.1. The Bertz CT molecular complexity index is 528. The van der Waals surface area contributed by atoms with Gasteiger partial charge in [-0.05, 0) is 36.6 Å².